The van der Waals surface area contributed by atoms with Crippen molar-refractivity contribution in [3.63, 3.8) is 0 Å². The highest BCUT2D eigenvalue weighted by molar-refractivity contribution is 7.15. The van der Waals surface area contributed by atoms with Crippen molar-refractivity contribution in [2.24, 2.45) is 0 Å². The summed E-state index contributed by atoms with van der Waals surface area (Å²) in [6, 6.07) is 7.20. The summed E-state index contributed by atoms with van der Waals surface area (Å²) in [7, 11) is 0. The van der Waals surface area contributed by atoms with E-state index in [0.717, 1.165) is 17.1 Å². The van der Waals surface area contributed by atoms with Crippen LogP contribution in [0.3, 0.4) is 0 Å². The summed E-state index contributed by atoms with van der Waals surface area (Å²) in [5.74, 6) is -0.0258. The lowest BCUT2D eigenvalue weighted by molar-refractivity contribution is -0.117. The fraction of sp³-hybridized carbons (Fsp3) is 0.375. The lowest BCUT2D eigenvalue weighted by atomic mass is 10.1. The van der Waals surface area contributed by atoms with Crippen molar-refractivity contribution in [3.05, 3.63) is 34.3 Å². The number of carbonyl (C=O) groups excluding carboxylic acids is 2. The maximum atomic E-state index is 12.3. The smallest absolute Gasteiger partial charge is 0.227 e. The van der Waals surface area contributed by atoms with Crippen LogP contribution in [0.5, 0.6) is 0 Å². The van der Waals surface area contributed by atoms with E-state index >= 15 is 0 Å². The minimum Gasteiger partial charge on any atom is -0.312 e. The number of nitrogens with one attached hydrogen (secondary N) is 1. The quantitative estimate of drug-likeness (QED) is 0.881. The predicted molar refractivity (Wildman–Crippen MR) is 94.6 cm³/mol. The summed E-state index contributed by atoms with van der Waals surface area (Å²) in [6.45, 7) is 2.50. The molecular weight excluding hydrogens is 348 g/mol. The molecule has 0 bridgehead atoms. The Morgan fingerprint density at radius 2 is 2.12 bits per heavy atom. The first kappa shape index (κ1) is 16.9. The zero-order valence-corrected chi connectivity index (χ0v) is 14.7. The van der Waals surface area contributed by atoms with Crippen LogP contribution in [0.25, 0.3) is 0 Å². The summed E-state index contributed by atoms with van der Waals surface area (Å²) >= 11 is 7.22. The Labute approximate surface area is 148 Å². The largest absolute Gasteiger partial charge is 0.312 e. The van der Waals surface area contributed by atoms with Crippen LogP contribution in [0.2, 0.25) is 5.02 Å². The molecule has 126 valence electrons. The van der Waals surface area contributed by atoms with E-state index in [1.54, 1.807) is 17.0 Å². The number of hydrogen-bond acceptors (Lipinski definition) is 5. The number of nitrogens with zero attached hydrogens (tertiary/aromatic N) is 3. The van der Waals surface area contributed by atoms with E-state index in [0.29, 0.717) is 29.5 Å². The molecule has 1 aliphatic heterocycles. The van der Waals surface area contributed by atoms with Crippen LogP contribution in [-0.2, 0) is 9.59 Å². The first-order valence-electron chi connectivity index (χ1n) is 7.76. The van der Waals surface area contributed by atoms with Gasteiger partial charge in [0.25, 0.3) is 0 Å². The van der Waals surface area contributed by atoms with Gasteiger partial charge in [-0.2, -0.15) is 0 Å². The molecular formula is C16H17ClN4O2S. The van der Waals surface area contributed by atoms with E-state index in [-0.39, 0.29) is 17.7 Å². The van der Waals surface area contributed by atoms with Crippen LogP contribution in [-0.4, -0.2) is 28.6 Å². The van der Waals surface area contributed by atoms with E-state index < -0.39 is 0 Å². The predicted octanol–water partition coefficient (Wildman–Crippen LogP) is 3.45. The second-order valence-corrected chi connectivity index (χ2v) is 7.07. The molecule has 0 spiro atoms. The summed E-state index contributed by atoms with van der Waals surface area (Å²) in [6.07, 6.45) is 1.63. The number of aromatic nitrogens is 2. The van der Waals surface area contributed by atoms with Gasteiger partial charge in [0.2, 0.25) is 16.9 Å². The third-order valence-electron chi connectivity index (χ3n) is 3.78. The molecule has 1 aliphatic rings. The molecule has 0 saturated carbocycles. The maximum absolute atomic E-state index is 12.3. The lowest BCUT2D eigenvalue weighted by Gasteiger charge is -2.16. The fourth-order valence-electron chi connectivity index (χ4n) is 2.60. The third kappa shape index (κ3) is 3.73. The van der Waals surface area contributed by atoms with E-state index in [9.17, 15) is 9.59 Å². The van der Waals surface area contributed by atoms with Crippen molar-refractivity contribution in [3.8, 4) is 0 Å². The standard InChI is InChI=1S/C16H17ClN4O2S/c1-2-3-13(22)18-16-20-19-15(24-16)10-8-14(23)21(9-10)12-6-4-11(17)5-7-12/h4-7,10H,2-3,8-9H2,1H3,(H,18,20,22)/t10-/m0/s1. The van der Waals surface area contributed by atoms with Gasteiger partial charge in [-0.05, 0) is 30.7 Å². The van der Waals surface area contributed by atoms with E-state index in [4.69, 9.17) is 11.6 Å². The van der Waals surface area contributed by atoms with Crippen LogP contribution < -0.4 is 10.2 Å². The Bertz CT molecular complexity index is 747. The molecule has 2 heterocycles. The topological polar surface area (TPSA) is 75.2 Å². The van der Waals surface area contributed by atoms with Gasteiger partial charge in [0.15, 0.2) is 0 Å². The van der Waals surface area contributed by atoms with Crippen molar-refractivity contribution < 1.29 is 9.59 Å². The highest BCUT2D eigenvalue weighted by Crippen LogP contribution is 2.34. The number of anilines is 2. The SMILES string of the molecule is CCCC(=O)Nc1nnc([C@H]2CC(=O)N(c3ccc(Cl)cc3)C2)s1. The molecule has 1 fully saturated rings. The molecule has 1 saturated heterocycles. The van der Waals surface area contributed by atoms with Crippen LogP contribution in [0.15, 0.2) is 24.3 Å². The minimum atomic E-state index is -0.0644. The third-order valence-corrected chi connectivity index (χ3v) is 5.03. The van der Waals surface area contributed by atoms with Crippen molar-refractivity contribution in [2.75, 3.05) is 16.8 Å². The van der Waals surface area contributed by atoms with Gasteiger partial charge in [0.1, 0.15) is 5.01 Å². The number of hydrogen-bond donors (Lipinski definition) is 1. The Morgan fingerprint density at radius 1 is 1.38 bits per heavy atom. The van der Waals surface area contributed by atoms with E-state index in [1.807, 2.05) is 19.1 Å². The molecule has 1 aromatic carbocycles. The van der Waals surface area contributed by atoms with Gasteiger partial charge in [-0.3, -0.25) is 9.59 Å². The minimum absolute atomic E-state index is 0.0116. The number of carbonyl (C=O) groups is 2. The molecule has 0 radical (unpaired) electrons. The maximum Gasteiger partial charge on any atom is 0.227 e. The highest BCUT2D eigenvalue weighted by atomic mass is 35.5. The average Bonchev–Trinajstić information content (AvgIpc) is 3.15. The number of halogens is 1. The van der Waals surface area contributed by atoms with Crippen LogP contribution in [0, 0.1) is 0 Å². The first-order chi connectivity index (χ1) is 11.6. The van der Waals surface area contributed by atoms with Gasteiger partial charge in [-0.15, -0.1) is 10.2 Å². The van der Waals surface area contributed by atoms with E-state index in [1.165, 1.54) is 11.3 Å². The summed E-state index contributed by atoms with van der Waals surface area (Å²) in [5, 5.41) is 12.8. The molecule has 1 atom stereocenters. The van der Waals surface area contributed by atoms with Crippen molar-refractivity contribution >= 4 is 45.6 Å². The Balaban J connectivity index is 1.68. The molecule has 24 heavy (non-hydrogen) atoms. The molecule has 2 amide bonds. The molecule has 6 nitrogen and oxygen atoms in total. The van der Waals surface area contributed by atoms with Crippen molar-refractivity contribution in [2.45, 2.75) is 32.1 Å². The zero-order valence-electron chi connectivity index (χ0n) is 13.2. The summed E-state index contributed by atoms with van der Waals surface area (Å²) in [4.78, 5) is 25.6. The number of benzene rings is 1. The van der Waals surface area contributed by atoms with Crippen molar-refractivity contribution in [1.29, 1.82) is 0 Å². The van der Waals surface area contributed by atoms with Gasteiger partial charge in [-0.25, -0.2) is 0 Å². The summed E-state index contributed by atoms with van der Waals surface area (Å²) < 4.78 is 0. The Kier molecular flexibility index (Phi) is 5.11. The molecule has 0 unspecified atom stereocenters. The molecule has 8 heteroatoms. The Hall–Kier alpha value is -1.99. The van der Waals surface area contributed by atoms with Gasteiger partial charge in [0.05, 0.1) is 0 Å². The van der Waals surface area contributed by atoms with E-state index in [2.05, 4.69) is 15.5 Å². The molecule has 2 aromatic rings. The van der Waals surface area contributed by atoms with Crippen LogP contribution >= 0.6 is 22.9 Å². The lowest BCUT2D eigenvalue weighted by Crippen LogP contribution is -2.24. The average molecular weight is 365 g/mol. The van der Waals surface area contributed by atoms with Gasteiger partial charge in [0, 0.05) is 36.0 Å². The molecule has 1 aromatic heterocycles. The normalized spacial score (nSPS) is 17.3. The van der Waals surface area contributed by atoms with Gasteiger partial charge < -0.3 is 10.2 Å². The number of amides is 2. The monoisotopic (exact) mass is 364 g/mol. The van der Waals surface area contributed by atoms with Crippen LogP contribution in [0.1, 0.15) is 37.1 Å². The van der Waals surface area contributed by atoms with Crippen LogP contribution in [0.4, 0.5) is 10.8 Å². The Morgan fingerprint density at radius 3 is 2.83 bits per heavy atom. The summed E-state index contributed by atoms with van der Waals surface area (Å²) in [5.41, 5.74) is 0.827. The molecule has 3 rings (SSSR count). The highest BCUT2D eigenvalue weighted by Gasteiger charge is 2.33. The molecule has 1 N–H and O–H groups in total. The van der Waals surface area contributed by atoms with Gasteiger partial charge in [-0.1, -0.05) is 29.9 Å². The number of rotatable bonds is 5. The molecule has 0 aliphatic carbocycles. The second kappa shape index (κ2) is 7.27. The second-order valence-electron chi connectivity index (χ2n) is 5.63. The van der Waals surface area contributed by atoms with Crippen molar-refractivity contribution in [1.82, 2.24) is 10.2 Å². The van der Waals surface area contributed by atoms with Gasteiger partial charge >= 0.3 is 0 Å². The zero-order chi connectivity index (χ0) is 17.1. The first-order valence-corrected chi connectivity index (χ1v) is 8.95. The fourth-order valence-corrected chi connectivity index (χ4v) is 3.58.